The number of nitrogens with zero attached hydrogens (tertiary/aromatic N) is 1. The molecule has 0 unspecified atom stereocenters. The lowest BCUT2D eigenvalue weighted by atomic mass is 10.3. The minimum absolute atomic E-state index is 0.418. The third-order valence-corrected chi connectivity index (χ3v) is 2.92. The fraction of sp³-hybridized carbons (Fsp3) is 0.429. The van der Waals surface area contributed by atoms with Crippen molar-refractivity contribution in [1.82, 2.24) is 4.90 Å². The quantitative estimate of drug-likeness (QED) is 0.844. The molecule has 4 nitrogen and oxygen atoms in total. The van der Waals surface area contributed by atoms with Crippen LogP contribution in [0.3, 0.4) is 0 Å². The van der Waals surface area contributed by atoms with Gasteiger partial charge in [0.2, 0.25) is 0 Å². The number of benzene rings is 1. The smallest absolute Gasteiger partial charge is 0.313 e. The molecule has 0 aliphatic heterocycles. The summed E-state index contributed by atoms with van der Waals surface area (Å²) in [6.45, 7) is 5.12. The molecule has 0 spiro atoms. The summed E-state index contributed by atoms with van der Waals surface area (Å²) < 4.78 is 0. The summed E-state index contributed by atoms with van der Waals surface area (Å²) in [5.41, 5.74) is 0.454. The van der Waals surface area contributed by atoms with E-state index < -0.39 is 11.8 Å². The van der Waals surface area contributed by atoms with Gasteiger partial charge in [-0.2, -0.15) is 0 Å². The van der Waals surface area contributed by atoms with Gasteiger partial charge in [-0.15, -0.1) is 0 Å². The molecule has 0 heterocycles. The summed E-state index contributed by atoms with van der Waals surface area (Å²) in [6.07, 6.45) is 1.65. The zero-order chi connectivity index (χ0) is 14.3. The maximum Gasteiger partial charge on any atom is 0.313 e. The van der Waals surface area contributed by atoms with Crippen LogP contribution in [0.5, 0.6) is 0 Å². The van der Waals surface area contributed by atoms with E-state index in [1.807, 2.05) is 13.8 Å². The summed E-state index contributed by atoms with van der Waals surface area (Å²) in [5, 5.41) is 2.96. The van der Waals surface area contributed by atoms with E-state index >= 15 is 0 Å². The largest absolute Gasteiger partial charge is 0.334 e. The van der Waals surface area contributed by atoms with Crippen LogP contribution >= 0.6 is 11.6 Å². The van der Waals surface area contributed by atoms with Gasteiger partial charge in [0, 0.05) is 13.1 Å². The predicted molar refractivity (Wildman–Crippen MR) is 77.2 cm³/mol. The SMILES string of the molecule is CCCN(CCC)C(=O)C(=O)Nc1ccccc1Cl. The van der Waals surface area contributed by atoms with Gasteiger partial charge in [0.05, 0.1) is 10.7 Å². The van der Waals surface area contributed by atoms with Gasteiger partial charge >= 0.3 is 11.8 Å². The lowest BCUT2D eigenvalue weighted by Gasteiger charge is -2.20. The van der Waals surface area contributed by atoms with Crippen molar-refractivity contribution in [2.24, 2.45) is 0 Å². The molecule has 1 N–H and O–H groups in total. The second kappa shape index (κ2) is 7.79. The molecule has 0 saturated heterocycles. The molecule has 1 aromatic rings. The van der Waals surface area contributed by atoms with Crippen molar-refractivity contribution < 1.29 is 9.59 Å². The van der Waals surface area contributed by atoms with E-state index in [9.17, 15) is 9.59 Å². The molecule has 2 amide bonds. The Labute approximate surface area is 118 Å². The number of anilines is 1. The van der Waals surface area contributed by atoms with Crippen LogP contribution in [0.1, 0.15) is 26.7 Å². The van der Waals surface area contributed by atoms with Gasteiger partial charge in [0.15, 0.2) is 0 Å². The highest BCUT2D eigenvalue weighted by Crippen LogP contribution is 2.20. The highest BCUT2D eigenvalue weighted by Gasteiger charge is 2.21. The summed E-state index contributed by atoms with van der Waals surface area (Å²) in [4.78, 5) is 25.5. The molecular formula is C14H19ClN2O2. The first-order valence-electron chi connectivity index (χ1n) is 6.44. The van der Waals surface area contributed by atoms with Crippen molar-refractivity contribution in [2.45, 2.75) is 26.7 Å². The second-order valence-electron chi connectivity index (χ2n) is 4.23. The molecule has 0 fully saturated rings. The number of amides is 2. The van der Waals surface area contributed by atoms with Gasteiger partial charge in [0.25, 0.3) is 0 Å². The molecular weight excluding hydrogens is 264 g/mol. The number of para-hydroxylation sites is 1. The van der Waals surface area contributed by atoms with Crippen LogP contribution in [0.15, 0.2) is 24.3 Å². The molecule has 0 aliphatic carbocycles. The maximum atomic E-state index is 12.0. The van der Waals surface area contributed by atoms with Gasteiger partial charge in [-0.3, -0.25) is 9.59 Å². The number of halogens is 1. The van der Waals surface area contributed by atoms with Crippen LogP contribution < -0.4 is 5.32 Å². The Bertz CT molecular complexity index is 443. The number of hydrogen-bond donors (Lipinski definition) is 1. The Balaban J connectivity index is 2.71. The van der Waals surface area contributed by atoms with Crippen molar-refractivity contribution >= 4 is 29.1 Å². The van der Waals surface area contributed by atoms with Crippen LogP contribution in [0, 0.1) is 0 Å². The van der Waals surface area contributed by atoms with Gasteiger partial charge in [-0.1, -0.05) is 37.6 Å². The molecule has 5 heteroatoms. The number of carbonyl (C=O) groups excluding carboxylic acids is 2. The average Bonchev–Trinajstić information content (AvgIpc) is 2.40. The highest BCUT2D eigenvalue weighted by molar-refractivity contribution is 6.41. The summed E-state index contributed by atoms with van der Waals surface area (Å²) in [7, 11) is 0. The highest BCUT2D eigenvalue weighted by atomic mass is 35.5. The third kappa shape index (κ3) is 4.56. The average molecular weight is 283 g/mol. The zero-order valence-corrected chi connectivity index (χ0v) is 12.0. The summed E-state index contributed by atoms with van der Waals surface area (Å²) in [6, 6.07) is 6.84. The lowest BCUT2D eigenvalue weighted by molar-refractivity contribution is -0.143. The normalized spacial score (nSPS) is 10.1. The summed E-state index contributed by atoms with van der Waals surface area (Å²) in [5.74, 6) is -1.15. The minimum Gasteiger partial charge on any atom is -0.334 e. The molecule has 104 valence electrons. The zero-order valence-electron chi connectivity index (χ0n) is 11.3. The first-order chi connectivity index (χ1) is 9.10. The van der Waals surface area contributed by atoms with Crippen LogP contribution in [-0.4, -0.2) is 29.8 Å². The van der Waals surface area contributed by atoms with Gasteiger partial charge in [-0.25, -0.2) is 0 Å². The van der Waals surface area contributed by atoms with Crippen molar-refractivity contribution in [3.05, 3.63) is 29.3 Å². The van der Waals surface area contributed by atoms with E-state index in [0.29, 0.717) is 23.8 Å². The van der Waals surface area contributed by atoms with Gasteiger partial charge in [-0.05, 0) is 25.0 Å². The Morgan fingerprint density at radius 2 is 1.74 bits per heavy atom. The first kappa shape index (κ1) is 15.5. The number of carbonyl (C=O) groups is 2. The van der Waals surface area contributed by atoms with Crippen LogP contribution in [0.4, 0.5) is 5.69 Å². The molecule has 0 saturated carbocycles. The van der Waals surface area contributed by atoms with Gasteiger partial charge in [0.1, 0.15) is 0 Å². The van der Waals surface area contributed by atoms with E-state index in [1.165, 1.54) is 0 Å². The first-order valence-corrected chi connectivity index (χ1v) is 6.82. The van der Waals surface area contributed by atoms with Crippen molar-refractivity contribution in [2.75, 3.05) is 18.4 Å². The summed E-state index contributed by atoms with van der Waals surface area (Å²) >= 11 is 5.94. The Morgan fingerprint density at radius 1 is 1.16 bits per heavy atom. The fourth-order valence-corrected chi connectivity index (χ4v) is 1.92. The Hall–Kier alpha value is -1.55. The standard InChI is InChI=1S/C14H19ClN2O2/c1-3-9-17(10-4-2)14(19)13(18)16-12-8-6-5-7-11(12)15/h5-8H,3-4,9-10H2,1-2H3,(H,16,18). The van der Waals surface area contributed by atoms with Crippen molar-refractivity contribution in [3.8, 4) is 0 Å². The fourth-order valence-electron chi connectivity index (χ4n) is 1.74. The molecule has 0 atom stereocenters. The lowest BCUT2D eigenvalue weighted by Crippen LogP contribution is -2.40. The molecule has 0 radical (unpaired) electrons. The topological polar surface area (TPSA) is 49.4 Å². The van der Waals surface area contributed by atoms with E-state index in [0.717, 1.165) is 12.8 Å². The van der Waals surface area contributed by atoms with Gasteiger partial charge < -0.3 is 10.2 Å². The molecule has 0 aromatic heterocycles. The van der Waals surface area contributed by atoms with Crippen LogP contribution in [-0.2, 0) is 9.59 Å². The number of nitrogens with one attached hydrogen (secondary N) is 1. The molecule has 1 rings (SSSR count). The Kier molecular flexibility index (Phi) is 6.36. The monoisotopic (exact) mass is 282 g/mol. The van der Waals surface area contributed by atoms with E-state index in [4.69, 9.17) is 11.6 Å². The van der Waals surface area contributed by atoms with Crippen molar-refractivity contribution in [1.29, 1.82) is 0 Å². The second-order valence-corrected chi connectivity index (χ2v) is 4.63. The Morgan fingerprint density at radius 3 is 2.26 bits per heavy atom. The molecule has 19 heavy (non-hydrogen) atoms. The van der Waals surface area contributed by atoms with Crippen LogP contribution in [0.25, 0.3) is 0 Å². The van der Waals surface area contributed by atoms with E-state index in [2.05, 4.69) is 5.32 Å². The van der Waals surface area contributed by atoms with Crippen molar-refractivity contribution in [3.63, 3.8) is 0 Å². The van der Waals surface area contributed by atoms with Crippen LogP contribution in [0.2, 0.25) is 5.02 Å². The third-order valence-electron chi connectivity index (χ3n) is 2.59. The van der Waals surface area contributed by atoms with E-state index in [1.54, 1.807) is 29.2 Å². The number of hydrogen-bond acceptors (Lipinski definition) is 2. The molecule has 0 aliphatic rings. The number of rotatable bonds is 5. The van der Waals surface area contributed by atoms with E-state index in [-0.39, 0.29) is 0 Å². The minimum atomic E-state index is -0.644. The maximum absolute atomic E-state index is 12.0. The molecule has 0 bridgehead atoms. The molecule has 1 aromatic carbocycles. The predicted octanol–water partition coefficient (Wildman–Crippen LogP) is 2.93.